The normalized spacial score (nSPS) is 10.1. The van der Waals surface area contributed by atoms with E-state index in [-0.39, 0.29) is 13.2 Å². The Balaban J connectivity index is 2.90. The Kier molecular flexibility index (Phi) is 6.87. The number of nitrogens with one attached hydrogen (secondary N) is 1. The van der Waals surface area contributed by atoms with Gasteiger partial charge in [0, 0.05) is 4.47 Å². The van der Waals surface area contributed by atoms with Crippen LogP contribution in [0.5, 0.6) is 0 Å². The fourth-order valence-electron chi connectivity index (χ4n) is 1.52. The Hall–Kier alpha value is -1.89. The maximum absolute atomic E-state index is 12.1. The lowest BCUT2D eigenvalue weighted by Crippen LogP contribution is -2.48. The van der Waals surface area contributed by atoms with E-state index in [2.05, 4.69) is 21.2 Å². The molecule has 0 aromatic heterocycles. The maximum Gasteiger partial charge on any atom is 0.340 e. The molecule has 0 aliphatic heterocycles. The minimum Gasteiger partial charge on any atom is -0.464 e. The van der Waals surface area contributed by atoms with Gasteiger partial charge in [-0.1, -0.05) is 12.1 Å². The third-order valence-corrected chi connectivity index (χ3v) is 3.13. The molecule has 6 nitrogen and oxygen atoms in total. The second-order valence-corrected chi connectivity index (χ2v) is 4.74. The Morgan fingerprint density at radius 1 is 1.10 bits per heavy atom. The number of carbonyl (C=O) groups is 3. The molecule has 0 radical (unpaired) electrons. The first-order valence-corrected chi connectivity index (χ1v) is 7.19. The highest BCUT2D eigenvalue weighted by Crippen LogP contribution is 2.15. The fourth-order valence-corrected chi connectivity index (χ4v) is 1.98. The molecule has 0 saturated carbocycles. The first kappa shape index (κ1) is 17.2. The van der Waals surface area contributed by atoms with Gasteiger partial charge < -0.3 is 14.8 Å². The summed E-state index contributed by atoms with van der Waals surface area (Å²) in [6.07, 6.45) is 0. The number of hydrogen-bond donors (Lipinski definition) is 1. The van der Waals surface area contributed by atoms with Gasteiger partial charge in [0.15, 0.2) is 0 Å². The highest BCUT2D eigenvalue weighted by atomic mass is 79.9. The summed E-state index contributed by atoms with van der Waals surface area (Å²) < 4.78 is 10.1. The molecule has 7 heteroatoms. The van der Waals surface area contributed by atoms with Crippen LogP contribution in [0.1, 0.15) is 24.2 Å². The van der Waals surface area contributed by atoms with Crippen LogP contribution in [0.2, 0.25) is 0 Å². The van der Waals surface area contributed by atoms with Crippen molar-refractivity contribution in [1.29, 1.82) is 0 Å². The Bertz CT molecular complexity index is 514. The standard InChI is InChI=1S/C14H16BrNO5/c1-3-20-13(18)11(14(19)21-4-2)16-12(17)9-7-5-6-8-10(9)15/h5-8,11H,3-4H2,1-2H3,(H,16,17). The minimum absolute atomic E-state index is 0.0969. The molecule has 1 rings (SSSR count). The summed E-state index contributed by atoms with van der Waals surface area (Å²) in [5.74, 6) is -2.28. The van der Waals surface area contributed by atoms with Crippen molar-refractivity contribution in [3.8, 4) is 0 Å². The summed E-state index contributed by atoms with van der Waals surface area (Å²) in [6, 6.07) is 5.17. The number of hydrogen-bond acceptors (Lipinski definition) is 5. The van der Waals surface area contributed by atoms with Crippen molar-refractivity contribution < 1.29 is 23.9 Å². The van der Waals surface area contributed by atoms with E-state index in [0.29, 0.717) is 10.0 Å². The molecule has 21 heavy (non-hydrogen) atoms. The molecule has 114 valence electrons. The molecular formula is C14H16BrNO5. The van der Waals surface area contributed by atoms with Gasteiger partial charge in [-0.05, 0) is 41.9 Å². The predicted molar refractivity (Wildman–Crippen MR) is 78.7 cm³/mol. The molecule has 0 spiro atoms. The lowest BCUT2D eigenvalue weighted by molar-refractivity contribution is -0.157. The van der Waals surface area contributed by atoms with E-state index in [0.717, 1.165) is 0 Å². The number of carbonyl (C=O) groups excluding carboxylic acids is 3. The third-order valence-electron chi connectivity index (χ3n) is 2.44. The maximum atomic E-state index is 12.1. The van der Waals surface area contributed by atoms with Gasteiger partial charge in [-0.2, -0.15) is 0 Å². The lowest BCUT2D eigenvalue weighted by Gasteiger charge is -2.16. The number of amides is 1. The molecular weight excluding hydrogens is 342 g/mol. The van der Waals surface area contributed by atoms with Crippen molar-refractivity contribution in [1.82, 2.24) is 5.32 Å². The number of rotatable bonds is 6. The van der Waals surface area contributed by atoms with Crippen LogP contribution in [0.15, 0.2) is 28.7 Å². The van der Waals surface area contributed by atoms with Gasteiger partial charge >= 0.3 is 11.9 Å². The molecule has 0 unspecified atom stereocenters. The quantitative estimate of drug-likeness (QED) is 0.618. The molecule has 1 aromatic rings. The topological polar surface area (TPSA) is 81.7 Å². The second kappa shape index (κ2) is 8.41. The van der Waals surface area contributed by atoms with Gasteiger partial charge in [-0.3, -0.25) is 4.79 Å². The Morgan fingerprint density at radius 2 is 1.62 bits per heavy atom. The van der Waals surface area contributed by atoms with Crippen LogP contribution < -0.4 is 5.32 Å². The van der Waals surface area contributed by atoms with Crippen LogP contribution in [0.4, 0.5) is 0 Å². The van der Waals surface area contributed by atoms with Gasteiger partial charge in [0.1, 0.15) is 0 Å². The highest BCUT2D eigenvalue weighted by Gasteiger charge is 2.31. The molecule has 0 bridgehead atoms. The van der Waals surface area contributed by atoms with Crippen molar-refractivity contribution in [2.75, 3.05) is 13.2 Å². The van der Waals surface area contributed by atoms with Gasteiger partial charge in [0.25, 0.3) is 5.91 Å². The highest BCUT2D eigenvalue weighted by molar-refractivity contribution is 9.10. The summed E-state index contributed by atoms with van der Waals surface area (Å²) in [4.78, 5) is 35.7. The molecule has 0 aliphatic carbocycles. The molecule has 0 heterocycles. The monoisotopic (exact) mass is 357 g/mol. The van der Waals surface area contributed by atoms with Gasteiger partial charge in [0.05, 0.1) is 18.8 Å². The Morgan fingerprint density at radius 3 is 2.10 bits per heavy atom. The van der Waals surface area contributed by atoms with Crippen molar-refractivity contribution >= 4 is 33.8 Å². The predicted octanol–water partition coefficient (Wildman–Crippen LogP) is 1.67. The molecule has 0 atom stereocenters. The summed E-state index contributed by atoms with van der Waals surface area (Å²) in [5, 5.41) is 2.33. The molecule has 0 saturated heterocycles. The summed E-state index contributed by atoms with van der Waals surface area (Å²) in [7, 11) is 0. The molecule has 0 fully saturated rings. The fraction of sp³-hybridized carbons (Fsp3) is 0.357. The second-order valence-electron chi connectivity index (χ2n) is 3.89. The SMILES string of the molecule is CCOC(=O)C(NC(=O)c1ccccc1Br)C(=O)OCC. The largest absolute Gasteiger partial charge is 0.464 e. The minimum atomic E-state index is -1.48. The van der Waals surface area contributed by atoms with Crippen LogP contribution in [-0.2, 0) is 19.1 Å². The lowest BCUT2D eigenvalue weighted by atomic mass is 10.2. The average Bonchev–Trinajstić information content (AvgIpc) is 2.45. The van der Waals surface area contributed by atoms with Crippen molar-refractivity contribution in [3.63, 3.8) is 0 Å². The average molecular weight is 358 g/mol. The van der Waals surface area contributed by atoms with E-state index in [1.807, 2.05) is 0 Å². The number of halogens is 1. The smallest absolute Gasteiger partial charge is 0.340 e. The number of esters is 2. The number of benzene rings is 1. The van der Waals surface area contributed by atoms with Crippen LogP contribution in [0.25, 0.3) is 0 Å². The summed E-state index contributed by atoms with van der Waals surface area (Å²) in [5.41, 5.74) is 0.302. The molecule has 0 aliphatic rings. The third kappa shape index (κ3) is 4.86. The molecule has 1 N–H and O–H groups in total. The van der Waals surface area contributed by atoms with Crippen LogP contribution in [0, 0.1) is 0 Å². The van der Waals surface area contributed by atoms with E-state index < -0.39 is 23.9 Å². The van der Waals surface area contributed by atoms with Gasteiger partial charge in [-0.25, -0.2) is 9.59 Å². The van der Waals surface area contributed by atoms with E-state index in [4.69, 9.17) is 9.47 Å². The Labute approximate surface area is 130 Å². The van der Waals surface area contributed by atoms with Gasteiger partial charge in [-0.15, -0.1) is 0 Å². The zero-order valence-electron chi connectivity index (χ0n) is 11.7. The van der Waals surface area contributed by atoms with E-state index in [9.17, 15) is 14.4 Å². The van der Waals surface area contributed by atoms with Crippen LogP contribution in [-0.4, -0.2) is 37.1 Å². The summed E-state index contributed by atoms with van der Waals surface area (Å²) >= 11 is 3.23. The molecule has 1 amide bonds. The zero-order valence-corrected chi connectivity index (χ0v) is 13.3. The van der Waals surface area contributed by atoms with Crippen LogP contribution >= 0.6 is 15.9 Å². The van der Waals surface area contributed by atoms with Crippen LogP contribution in [0.3, 0.4) is 0 Å². The zero-order chi connectivity index (χ0) is 15.8. The van der Waals surface area contributed by atoms with Crippen molar-refractivity contribution in [2.24, 2.45) is 0 Å². The number of ether oxygens (including phenoxy) is 2. The van der Waals surface area contributed by atoms with E-state index in [1.54, 1.807) is 38.1 Å². The first-order valence-electron chi connectivity index (χ1n) is 6.39. The summed E-state index contributed by atoms with van der Waals surface area (Å²) in [6.45, 7) is 3.41. The van der Waals surface area contributed by atoms with Crippen molar-refractivity contribution in [2.45, 2.75) is 19.9 Å². The van der Waals surface area contributed by atoms with E-state index in [1.165, 1.54) is 0 Å². The molecule has 1 aromatic carbocycles. The van der Waals surface area contributed by atoms with E-state index >= 15 is 0 Å². The van der Waals surface area contributed by atoms with Gasteiger partial charge in [0.2, 0.25) is 6.04 Å². The van der Waals surface area contributed by atoms with Crippen molar-refractivity contribution in [3.05, 3.63) is 34.3 Å². The first-order chi connectivity index (χ1) is 10.0.